The summed E-state index contributed by atoms with van der Waals surface area (Å²) >= 11 is 0. The maximum absolute atomic E-state index is 5.55. The Balaban J connectivity index is 2.68. The third-order valence-electron chi connectivity index (χ3n) is 2.80. The number of nitrogens with two attached hydrogens (primary N) is 1. The minimum atomic E-state index is 0.489. The number of hydrogen-bond donors (Lipinski definition) is 2. The van der Waals surface area contributed by atoms with Crippen molar-refractivity contribution >= 4 is 16.6 Å². The lowest BCUT2D eigenvalue weighted by molar-refractivity contribution is 0.182. The Labute approximate surface area is 101 Å². The van der Waals surface area contributed by atoms with Crippen molar-refractivity contribution in [1.29, 1.82) is 0 Å². The van der Waals surface area contributed by atoms with E-state index in [1.54, 1.807) is 7.11 Å². The van der Waals surface area contributed by atoms with Crippen LogP contribution in [0.25, 0.3) is 10.9 Å². The number of aromatic nitrogens is 1. The SMILES string of the molecule is CCc1cccc2c(NN)cc(COC)nc12. The van der Waals surface area contributed by atoms with Crippen LogP contribution in [-0.2, 0) is 17.8 Å². The first-order valence-electron chi connectivity index (χ1n) is 5.67. The zero-order valence-corrected chi connectivity index (χ0v) is 10.2. The van der Waals surface area contributed by atoms with Gasteiger partial charge in [-0.15, -0.1) is 0 Å². The fourth-order valence-corrected chi connectivity index (χ4v) is 1.99. The van der Waals surface area contributed by atoms with Gasteiger partial charge < -0.3 is 10.2 Å². The molecule has 0 aliphatic carbocycles. The molecule has 3 N–H and O–H groups in total. The van der Waals surface area contributed by atoms with Crippen LogP contribution in [0.1, 0.15) is 18.2 Å². The van der Waals surface area contributed by atoms with Gasteiger partial charge in [0.2, 0.25) is 0 Å². The van der Waals surface area contributed by atoms with Gasteiger partial charge in [0.1, 0.15) is 0 Å². The number of anilines is 1. The third-order valence-corrected chi connectivity index (χ3v) is 2.80. The highest BCUT2D eigenvalue weighted by Gasteiger charge is 2.07. The number of nitrogens with zero attached hydrogens (tertiary/aromatic N) is 1. The molecule has 0 unspecified atom stereocenters. The van der Waals surface area contributed by atoms with Crippen molar-refractivity contribution in [3.63, 3.8) is 0 Å². The minimum Gasteiger partial charge on any atom is -0.378 e. The van der Waals surface area contributed by atoms with Gasteiger partial charge in [0.25, 0.3) is 0 Å². The van der Waals surface area contributed by atoms with E-state index in [1.807, 2.05) is 18.2 Å². The lowest BCUT2D eigenvalue weighted by Gasteiger charge is -2.11. The number of benzene rings is 1. The summed E-state index contributed by atoms with van der Waals surface area (Å²) in [5, 5.41) is 1.05. The number of pyridine rings is 1. The van der Waals surface area contributed by atoms with Gasteiger partial charge in [-0.05, 0) is 18.1 Å². The fraction of sp³-hybridized carbons (Fsp3) is 0.308. The van der Waals surface area contributed by atoms with E-state index in [4.69, 9.17) is 10.6 Å². The molecule has 0 spiro atoms. The Bertz CT molecular complexity index is 525. The van der Waals surface area contributed by atoms with Gasteiger partial charge in [0.15, 0.2) is 0 Å². The first-order valence-corrected chi connectivity index (χ1v) is 5.67. The number of rotatable bonds is 4. The summed E-state index contributed by atoms with van der Waals surface area (Å²) in [4.78, 5) is 4.62. The van der Waals surface area contributed by atoms with Gasteiger partial charge in [0, 0.05) is 12.5 Å². The number of nitrogens with one attached hydrogen (secondary N) is 1. The van der Waals surface area contributed by atoms with Gasteiger partial charge in [-0.1, -0.05) is 25.1 Å². The van der Waals surface area contributed by atoms with E-state index in [0.29, 0.717) is 6.61 Å². The number of methoxy groups -OCH3 is 1. The second-order valence-corrected chi connectivity index (χ2v) is 3.91. The van der Waals surface area contributed by atoms with Crippen LogP contribution < -0.4 is 11.3 Å². The van der Waals surface area contributed by atoms with Crippen LogP contribution in [0.15, 0.2) is 24.3 Å². The number of hydrogen-bond acceptors (Lipinski definition) is 4. The normalized spacial score (nSPS) is 10.8. The molecule has 90 valence electrons. The maximum Gasteiger partial charge on any atom is 0.0885 e. The molecule has 2 rings (SSSR count). The number of ether oxygens (including phenoxy) is 1. The lowest BCUT2D eigenvalue weighted by Crippen LogP contribution is -2.09. The Hall–Kier alpha value is -1.65. The molecule has 0 bridgehead atoms. The Morgan fingerprint density at radius 2 is 2.24 bits per heavy atom. The van der Waals surface area contributed by atoms with Crippen molar-refractivity contribution < 1.29 is 4.74 Å². The molecule has 0 fully saturated rings. The summed E-state index contributed by atoms with van der Waals surface area (Å²) in [6.45, 7) is 2.61. The summed E-state index contributed by atoms with van der Waals surface area (Å²) in [6.07, 6.45) is 0.949. The average molecular weight is 231 g/mol. The van der Waals surface area contributed by atoms with E-state index in [-0.39, 0.29) is 0 Å². The molecule has 17 heavy (non-hydrogen) atoms. The quantitative estimate of drug-likeness (QED) is 0.625. The molecule has 1 aromatic heterocycles. The molecule has 0 saturated carbocycles. The molecule has 4 heteroatoms. The van der Waals surface area contributed by atoms with Crippen LogP contribution in [0.2, 0.25) is 0 Å². The highest BCUT2D eigenvalue weighted by Crippen LogP contribution is 2.25. The topological polar surface area (TPSA) is 60.2 Å². The highest BCUT2D eigenvalue weighted by molar-refractivity contribution is 5.93. The number of aryl methyl sites for hydroxylation is 1. The minimum absolute atomic E-state index is 0.489. The average Bonchev–Trinajstić information content (AvgIpc) is 2.37. The molecule has 4 nitrogen and oxygen atoms in total. The van der Waals surface area contributed by atoms with Crippen molar-refractivity contribution in [1.82, 2.24) is 4.98 Å². The van der Waals surface area contributed by atoms with Crippen molar-refractivity contribution in [2.45, 2.75) is 20.0 Å². The van der Waals surface area contributed by atoms with Gasteiger partial charge in [-0.2, -0.15) is 0 Å². The van der Waals surface area contributed by atoms with Crippen LogP contribution in [0.4, 0.5) is 5.69 Å². The largest absolute Gasteiger partial charge is 0.378 e. The number of nitrogen functional groups attached to an aromatic ring is 1. The Morgan fingerprint density at radius 3 is 2.88 bits per heavy atom. The molecule has 0 aliphatic rings. The molecule has 0 radical (unpaired) electrons. The number of para-hydroxylation sites is 1. The number of fused-ring (bicyclic) bond motifs is 1. The molecule has 0 atom stereocenters. The predicted octanol–water partition coefficient (Wildman–Crippen LogP) is 2.23. The molecule has 0 saturated heterocycles. The zero-order valence-electron chi connectivity index (χ0n) is 10.2. The van der Waals surface area contributed by atoms with Crippen molar-refractivity contribution in [2.75, 3.05) is 12.5 Å². The fourth-order valence-electron chi connectivity index (χ4n) is 1.99. The molecule has 0 aliphatic heterocycles. The molecular weight excluding hydrogens is 214 g/mol. The second-order valence-electron chi connectivity index (χ2n) is 3.91. The van der Waals surface area contributed by atoms with Crippen LogP contribution in [0.5, 0.6) is 0 Å². The summed E-state index contributed by atoms with van der Waals surface area (Å²) < 4.78 is 5.12. The summed E-state index contributed by atoms with van der Waals surface area (Å²) in [6, 6.07) is 8.06. The second kappa shape index (κ2) is 5.12. The molecule has 1 heterocycles. The van der Waals surface area contributed by atoms with E-state index in [2.05, 4.69) is 23.4 Å². The maximum atomic E-state index is 5.55. The van der Waals surface area contributed by atoms with E-state index < -0.39 is 0 Å². The molecular formula is C13H17N3O. The van der Waals surface area contributed by atoms with E-state index in [9.17, 15) is 0 Å². The first-order chi connectivity index (χ1) is 8.30. The van der Waals surface area contributed by atoms with Crippen LogP contribution in [0.3, 0.4) is 0 Å². The van der Waals surface area contributed by atoms with Crippen molar-refractivity contribution in [3.8, 4) is 0 Å². The Kier molecular flexibility index (Phi) is 3.56. The van der Waals surface area contributed by atoms with Gasteiger partial charge >= 0.3 is 0 Å². The van der Waals surface area contributed by atoms with Crippen molar-refractivity contribution in [3.05, 3.63) is 35.5 Å². The zero-order chi connectivity index (χ0) is 12.3. The van der Waals surface area contributed by atoms with Crippen LogP contribution >= 0.6 is 0 Å². The summed E-state index contributed by atoms with van der Waals surface area (Å²) in [5.74, 6) is 5.55. The van der Waals surface area contributed by atoms with E-state index in [1.165, 1.54) is 5.56 Å². The molecule has 1 aromatic carbocycles. The molecule has 2 aromatic rings. The van der Waals surface area contributed by atoms with Crippen LogP contribution in [0, 0.1) is 0 Å². The first kappa shape index (κ1) is 11.8. The number of hydrazine groups is 1. The predicted molar refractivity (Wildman–Crippen MR) is 69.6 cm³/mol. The smallest absolute Gasteiger partial charge is 0.0885 e. The van der Waals surface area contributed by atoms with Gasteiger partial charge in [-0.3, -0.25) is 5.84 Å². The third kappa shape index (κ3) is 2.23. The van der Waals surface area contributed by atoms with E-state index in [0.717, 1.165) is 28.7 Å². The standard InChI is InChI=1S/C13H17N3O/c1-3-9-5-4-6-11-12(16-14)7-10(8-17-2)15-13(9)11/h4-7H,3,8,14H2,1-2H3,(H,15,16). The molecule has 0 amide bonds. The summed E-state index contributed by atoms with van der Waals surface area (Å²) in [5.41, 5.74) is 6.71. The van der Waals surface area contributed by atoms with Crippen molar-refractivity contribution in [2.24, 2.45) is 5.84 Å². The summed E-state index contributed by atoms with van der Waals surface area (Å²) in [7, 11) is 1.66. The van der Waals surface area contributed by atoms with E-state index >= 15 is 0 Å². The van der Waals surface area contributed by atoms with Gasteiger partial charge in [0.05, 0.1) is 23.5 Å². The lowest BCUT2D eigenvalue weighted by atomic mass is 10.1. The Morgan fingerprint density at radius 1 is 1.41 bits per heavy atom. The monoisotopic (exact) mass is 231 g/mol. The van der Waals surface area contributed by atoms with Crippen LogP contribution in [-0.4, -0.2) is 12.1 Å². The highest BCUT2D eigenvalue weighted by atomic mass is 16.5. The van der Waals surface area contributed by atoms with Gasteiger partial charge in [-0.25, -0.2) is 4.98 Å².